The fourth-order valence-corrected chi connectivity index (χ4v) is 2.25. The molecule has 4 nitrogen and oxygen atoms in total. The molecule has 0 bridgehead atoms. The summed E-state index contributed by atoms with van der Waals surface area (Å²) in [5.41, 5.74) is 1.44. The molecule has 0 radical (unpaired) electrons. The number of unbranched alkanes of at least 4 members (excludes halogenated alkanes) is 2. The van der Waals surface area contributed by atoms with Gasteiger partial charge in [0.2, 0.25) is 0 Å². The molecule has 2 aromatic rings. The number of benzene rings is 1. The molecule has 0 saturated heterocycles. The van der Waals surface area contributed by atoms with E-state index in [1.807, 2.05) is 6.07 Å². The minimum Gasteiger partial charge on any atom is -0.406 e. The van der Waals surface area contributed by atoms with E-state index in [-0.39, 0.29) is 11.4 Å². The van der Waals surface area contributed by atoms with E-state index < -0.39 is 18.0 Å². The second-order valence-corrected chi connectivity index (χ2v) is 5.54. The van der Waals surface area contributed by atoms with E-state index in [0.29, 0.717) is 0 Å². The summed E-state index contributed by atoms with van der Waals surface area (Å²) >= 11 is 0. The molecule has 25 heavy (non-hydrogen) atoms. The predicted molar refractivity (Wildman–Crippen MR) is 88.5 cm³/mol. The Labute approximate surface area is 144 Å². The maximum Gasteiger partial charge on any atom is 0.573 e. The molecule has 1 heterocycles. The number of ether oxygens (including phenoxy) is 1. The number of aromatic nitrogens is 1. The molecular weight excluding hydrogens is 333 g/mol. The quantitative estimate of drug-likeness (QED) is 0.716. The fourth-order valence-electron chi connectivity index (χ4n) is 2.25. The van der Waals surface area contributed by atoms with Crippen LogP contribution in [0.5, 0.6) is 5.75 Å². The van der Waals surface area contributed by atoms with Gasteiger partial charge in [-0.25, -0.2) is 0 Å². The van der Waals surface area contributed by atoms with Crippen molar-refractivity contribution >= 4 is 11.6 Å². The SMILES string of the molecule is CCCCCc1ccc(C(=O)Nc2cccc(OC(F)(F)F)c2)nc1. The Morgan fingerprint density at radius 3 is 2.64 bits per heavy atom. The van der Waals surface area contributed by atoms with E-state index in [4.69, 9.17) is 0 Å². The number of carbonyl (C=O) groups excluding carboxylic acids is 1. The number of hydrogen-bond acceptors (Lipinski definition) is 3. The number of alkyl halides is 3. The Bertz CT molecular complexity index is 700. The Morgan fingerprint density at radius 1 is 1.20 bits per heavy atom. The first kappa shape index (κ1) is 18.8. The summed E-state index contributed by atoms with van der Waals surface area (Å²) in [6, 6.07) is 8.53. The number of nitrogens with zero attached hydrogens (tertiary/aromatic N) is 1. The van der Waals surface area contributed by atoms with Crippen molar-refractivity contribution in [1.29, 1.82) is 0 Å². The van der Waals surface area contributed by atoms with Crippen molar-refractivity contribution in [3.63, 3.8) is 0 Å². The van der Waals surface area contributed by atoms with Crippen molar-refractivity contribution in [2.75, 3.05) is 5.32 Å². The smallest absolute Gasteiger partial charge is 0.406 e. The maximum absolute atomic E-state index is 12.2. The summed E-state index contributed by atoms with van der Waals surface area (Å²) in [5, 5.41) is 2.51. The molecular formula is C18H19F3N2O2. The molecule has 0 fully saturated rings. The lowest BCUT2D eigenvalue weighted by atomic mass is 10.1. The zero-order chi connectivity index (χ0) is 18.3. The lowest BCUT2D eigenvalue weighted by Gasteiger charge is -2.10. The van der Waals surface area contributed by atoms with Crippen molar-refractivity contribution in [3.05, 3.63) is 53.9 Å². The molecule has 134 valence electrons. The largest absolute Gasteiger partial charge is 0.573 e. The van der Waals surface area contributed by atoms with Gasteiger partial charge in [-0.2, -0.15) is 0 Å². The van der Waals surface area contributed by atoms with Crippen LogP contribution in [0, 0.1) is 0 Å². The van der Waals surface area contributed by atoms with Crippen LogP contribution >= 0.6 is 0 Å². The summed E-state index contributed by atoms with van der Waals surface area (Å²) in [4.78, 5) is 16.3. The van der Waals surface area contributed by atoms with Crippen molar-refractivity contribution in [2.45, 2.75) is 39.0 Å². The standard InChI is InChI=1S/C18H19F3N2O2/c1-2-3-4-6-13-9-10-16(22-12-13)17(24)23-14-7-5-8-15(11-14)25-18(19,20)21/h5,7-12H,2-4,6H2,1H3,(H,23,24). The van der Waals surface area contributed by atoms with Crippen molar-refractivity contribution < 1.29 is 22.7 Å². The number of anilines is 1. The molecule has 0 aliphatic carbocycles. The molecule has 1 N–H and O–H groups in total. The number of hydrogen-bond donors (Lipinski definition) is 1. The molecule has 1 aromatic carbocycles. The normalized spacial score (nSPS) is 11.2. The number of rotatable bonds is 7. The van der Waals surface area contributed by atoms with Crippen LogP contribution in [0.15, 0.2) is 42.6 Å². The van der Waals surface area contributed by atoms with Crippen LogP contribution in [0.1, 0.15) is 42.2 Å². The fraction of sp³-hybridized carbons (Fsp3) is 0.333. The minimum atomic E-state index is -4.78. The van der Waals surface area contributed by atoms with Crippen molar-refractivity contribution in [2.24, 2.45) is 0 Å². The summed E-state index contributed by atoms with van der Waals surface area (Å²) in [6.45, 7) is 2.13. The molecule has 1 amide bonds. The number of aryl methyl sites for hydroxylation is 1. The van der Waals surface area contributed by atoms with E-state index >= 15 is 0 Å². The van der Waals surface area contributed by atoms with Crippen LogP contribution in [0.4, 0.5) is 18.9 Å². The zero-order valence-electron chi connectivity index (χ0n) is 13.8. The van der Waals surface area contributed by atoms with E-state index in [1.165, 1.54) is 12.1 Å². The third-order valence-electron chi connectivity index (χ3n) is 3.45. The van der Waals surface area contributed by atoms with Gasteiger partial charge in [-0.15, -0.1) is 13.2 Å². The average molecular weight is 352 g/mol. The maximum atomic E-state index is 12.2. The van der Waals surface area contributed by atoms with Gasteiger partial charge in [0.15, 0.2) is 0 Å². The number of carbonyl (C=O) groups is 1. The van der Waals surface area contributed by atoms with E-state index in [9.17, 15) is 18.0 Å². The van der Waals surface area contributed by atoms with E-state index in [0.717, 1.165) is 43.4 Å². The van der Waals surface area contributed by atoms with Crippen LogP contribution in [0.3, 0.4) is 0 Å². The number of halogens is 3. The van der Waals surface area contributed by atoms with Gasteiger partial charge < -0.3 is 10.1 Å². The van der Waals surface area contributed by atoms with Crippen LogP contribution < -0.4 is 10.1 Å². The molecule has 0 aliphatic rings. The van der Waals surface area contributed by atoms with Gasteiger partial charge in [-0.1, -0.05) is 31.9 Å². The zero-order valence-corrected chi connectivity index (χ0v) is 13.8. The van der Waals surface area contributed by atoms with Crippen molar-refractivity contribution in [3.8, 4) is 5.75 Å². The van der Waals surface area contributed by atoms with Gasteiger partial charge in [0.05, 0.1) is 0 Å². The van der Waals surface area contributed by atoms with Gasteiger partial charge in [0, 0.05) is 18.0 Å². The highest BCUT2D eigenvalue weighted by Gasteiger charge is 2.31. The van der Waals surface area contributed by atoms with Gasteiger partial charge >= 0.3 is 6.36 Å². The predicted octanol–water partition coefficient (Wildman–Crippen LogP) is 4.97. The molecule has 7 heteroatoms. The highest BCUT2D eigenvalue weighted by Crippen LogP contribution is 2.25. The topological polar surface area (TPSA) is 51.2 Å². The Balaban J connectivity index is 1.98. The third kappa shape index (κ3) is 6.45. The van der Waals surface area contributed by atoms with Crippen molar-refractivity contribution in [1.82, 2.24) is 4.98 Å². The van der Waals surface area contributed by atoms with Gasteiger partial charge in [-0.05, 0) is 36.6 Å². The Morgan fingerprint density at radius 2 is 2.00 bits per heavy atom. The molecule has 0 spiro atoms. The molecule has 0 aliphatic heterocycles. The Hall–Kier alpha value is -2.57. The van der Waals surface area contributed by atoms with E-state index in [2.05, 4.69) is 22.0 Å². The molecule has 1 aromatic heterocycles. The van der Waals surface area contributed by atoms with Crippen LogP contribution in [-0.2, 0) is 6.42 Å². The molecule has 0 atom stereocenters. The summed E-state index contributed by atoms with van der Waals surface area (Å²) in [5.74, 6) is -0.895. The second-order valence-electron chi connectivity index (χ2n) is 5.54. The van der Waals surface area contributed by atoms with Gasteiger partial charge in [0.25, 0.3) is 5.91 Å². The Kier molecular flexibility index (Phi) is 6.38. The third-order valence-corrected chi connectivity index (χ3v) is 3.45. The molecule has 0 saturated carbocycles. The number of nitrogens with one attached hydrogen (secondary N) is 1. The summed E-state index contributed by atoms with van der Waals surface area (Å²) in [6.07, 6.45) is 1.10. The first-order valence-corrected chi connectivity index (χ1v) is 7.99. The molecule has 0 unspecified atom stereocenters. The van der Waals surface area contributed by atoms with Crippen LogP contribution in [0.2, 0.25) is 0 Å². The monoisotopic (exact) mass is 352 g/mol. The lowest BCUT2D eigenvalue weighted by Crippen LogP contribution is -2.17. The highest BCUT2D eigenvalue weighted by molar-refractivity contribution is 6.02. The number of pyridine rings is 1. The minimum absolute atomic E-state index is 0.195. The average Bonchev–Trinajstić information content (AvgIpc) is 2.54. The van der Waals surface area contributed by atoms with Crippen LogP contribution in [0.25, 0.3) is 0 Å². The molecule has 2 rings (SSSR count). The second kappa shape index (κ2) is 8.50. The number of amides is 1. The van der Waals surface area contributed by atoms with Gasteiger partial charge in [0.1, 0.15) is 11.4 Å². The van der Waals surface area contributed by atoms with E-state index in [1.54, 1.807) is 12.3 Å². The first-order chi connectivity index (χ1) is 11.9. The summed E-state index contributed by atoms with van der Waals surface area (Å²) < 4.78 is 40.5. The first-order valence-electron chi connectivity index (χ1n) is 7.99. The summed E-state index contributed by atoms with van der Waals surface area (Å²) in [7, 11) is 0. The lowest BCUT2D eigenvalue weighted by molar-refractivity contribution is -0.274. The van der Waals surface area contributed by atoms with Gasteiger partial charge in [-0.3, -0.25) is 9.78 Å². The van der Waals surface area contributed by atoms with Crippen LogP contribution in [-0.4, -0.2) is 17.3 Å². The highest BCUT2D eigenvalue weighted by atomic mass is 19.4.